The van der Waals surface area contributed by atoms with Crippen LogP contribution in [0, 0.1) is 22.5 Å². The Morgan fingerprint density at radius 2 is 2.05 bits per heavy atom. The molecule has 0 aromatic heterocycles. The predicted octanol–water partition coefficient (Wildman–Crippen LogP) is 3.33. The molecule has 2 saturated carbocycles. The number of hydrogen-bond acceptors (Lipinski definition) is 4. The maximum absolute atomic E-state index is 11.2. The summed E-state index contributed by atoms with van der Waals surface area (Å²) in [6, 6.07) is 5.32. The van der Waals surface area contributed by atoms with E-state index in [1.807, 2.05) is 13.0 Å². The van der Waals surface area contributed by atoms with Gasteiger partial charge in [0.15, 0.2) is 5.75 Å². The van der Waals surface area contributed by atoms with Crippen LogP contribution in [0.4, 0.5) is 5.69 Å². The minimum absolute atomic E-state index is 0.0224. The molecule has 2 aliphatic rings. The summed E-state index contributed by atoms with van der Waals surface area (Å²) in [6.07, 6.45) is 6.61. The summed E-state index contributed by atoms with van der Waals surface area (Å²) in [7, 11) is 0. The van der Waals surface area contributed by atoms with Crippen LogP contribution in [0.1, 0.15) is 44.1 Å². The SMILES string of the molecule is Cc1ccc(OC2CC(N)C23CCCCC3)c([N+](=O)[O-])c1. The lowest BCUT2D eigenvalue weighted by atomic mass is 9.55. The minimum atomic E-state index is -0.367. The Kier molecular flexibility index (Phi) is 3.61. The summed E-state index contributed by atoms with van der Waals surface area (Å²) >= 11 is 0. The smallest absolute Gasteiger partial charge is 0.311 e. The van der Waals surface area contributed by atoms with Gasteiger partial charge in [0.1, 0.15) is 6.10 Å². The molecule has 0 radical (unpaired) electrons. The van der Waals surface area contributed by atoms with Gasteiger partial charge in [-0.05, 0) is 31.4 Å². The third-order valence-corrected chi connectivity index (χ3v) is 5.21. The molecule has 2 fully saturated rings. The van der Waals surface area contributed by atoms with Crippen LogP contribution >= 0.6 is 0 Å². The van der Waals surface area contributed by atoms with E-state index in [1.165, 1.54) is 19.3 Å². The molecule has 3 rings (SSSR count). The first-order valence-corrected chi connectivity index (χ1v) is 7.70. The van der Waals surface area contributed by atoms with E-state index in [4.69, 9.17) is 10.5 Å². The fourth-order valence-corrected chi connectivity index (χ4v) is 3.87. The fraction of sp³-hybridized carbons (Fsp3) is 0.625. The zero-order valence-corrected chi connectivity index (χ0v) is 12.4. The Labute approximate surface area is 124 Å². The lowest BCUT2D eigenvalue weighted by Gasteiger charge is -2.55. The van der Waals surface area contributed by atoms with Gasteiger partial charge in [0, 0.05) is 23.9 Å². The summed E-state index contributed by atoms with van der Waals surface area (Å²) in [5.41, 5.74) is 7.20. The molecule has 2 N–H and O–H groups in total. The average molecular weight is 290 g/mol. The van der Waals surface area contributed by atoms with Crippen molar-refractivity contribution in [2.75, 3.05) is 0 Å². The van der Waals surface area contributed by atoms with Gasteiger partial charge in [-0.1, -0.05) is 25.3 Å². The standard InChI is InChI=1S/C16H22N2O3/c1-11-5-6-13(12(9-11)18(19)20)21-15-10-14(17)16(15)7-3-2-4-8-16/h5-6,9,14-15H,2-4,7-8,10,17H2,1H3. The Morgan fingerprint density at radius 1 is 1.33 bits per heavy atom. The number of nitrogens with zero attached hydrogens (tertiary/aromatic N) is 1. The van der Waals surface area contributed by atoms with Crippen molar-refractivity contribution in [3.8, 4) is 5.75 Å². The molecule has 114 valence electrons. The van der Waals surface area contributed by atoms with E-state index in [1.54, 1.807) is 12.1 Å². The van der Waals surface area contributed by atoms with E-state index < -0.39 is 0 Å². The highest BCUT2D eigenvalue weighted by atomic mass is 16.6. The number of ether oxygens (including phenoxy) is 1. The summed E-state index contributed by atoms with van der Waals surface area (Å²) in [4.78, 5) is 10.8. The highest BCUT2D eigenvalue weighted by Crippen LogP contribution is 2.52. The number of hydrogen-bond donors (Lipinski definition) is 1. The lowest BCUT2D eigenvalue weighted by Crippen LogP contribution is -2.64. The third kappa shape index (κ3) is 2.39. The Bertz CT molecular complexity index is 552. The van der Waals surface area contributed by atoms with E-state index in [9.17, 15) is 10.1 Å². The number of aryl methyl sites for hydroxylation is 1. The number of nitro benzene ring substituents is 1. The number of nitro groups is 1. The maximum Gasteiger partial charge on any atom is 0.311 e. The first-order chi connectivity index (χ1) is 10.0. The van der Waals surface area contributed by atoms with Crippen LogP contribution in [-0.4, -0.2) is 17.1 Å². The Balaban J connectivity index is 1.82. The van der Waals surface area contributed by atoms with E-state index in [2.05, 4.69) is 0 Å². The molecule has 1 aromatic carbocycles. The quantitative estimate of drug-likeness (QED) is 0.684. The molecule has 0 heterocycles. The van der Waals surface area contributed by atoms with Gasteiger partial charge >= 0.3 is 5.69 Å². The van der Waals surface area contributed by atoms with Gasteiger partial charge in [-0.2, -0.15) is 0 Å². The minimum Gasteiger partial charge on any atom is -0.483 e. The second-order valence-corrected chi connectivity index (χ2v) is 6.47. The van der Waals surface area contributed by atoms with Gasteiger partial charge in [0.2, 0.25) is 0 Å². The molecule has 0 aliphatic heterocycles. The monoisotopic (exact) mass is 290 g/mol. The van der Waals surface area contributed by atoms with Crippen molar-refractivity contribution in [2.24, 2.45) is 11.1 Å². The van der Waals surface area contributed by atoms with Crippen molar-refractivity contribution >= 4 is 5.69 Å². The predicted molar refractivity (Wildman–Crippen MR) is 80.4 cm³/mol. The van der Waals surface area contributed by atoms with Crippen molar-refractivity contribution in [3.63, 3.8) is 0 Å². The number of nitrogens with two attached hydrogens (primary N) is 1. The molecule has 1 spiro atoms. The van der Waals surface area contributed by atoms with Crippen LogP contribution < -0.4 is 10.5 Å². The zero-order valence-electron chi connectivity index (χ0n) is 12.4. The largest absolute Gasteiger partial charge is 0.483 e. The first-order valence-electron chi connectivity index (χ1n) is 7.70. The van der Waals surface area contributed by atoms with Crippen molar-refractivity contribution in [3.05, 3.63) is 33.9 Å². The van der Waals surface area contributed by atoms with E-state index in [0.717, 1.165) is 24.8 Å². The summed E-state index contributed by atoms with van der Waals surface area (Å²) in [6.45, 7) is 1.85. The molecular weight excluding hydrogens is 268 g/mol. The number of benzene rings is 1. The lowest BCUT2D eigenvalue weighted by molar-refractivity contribution is -0.386. The van der Waals surface area contributed by atoms with Crippen molar-refractivity contribution in [1.29, 1.82) is 0 Å². The summed E-state index contributed by atoms with van der Waals surface area (Å²) in [5.74, 6) is 0.382. The van der Waals surface area contributed by atoms with Crippen LogP contribution in [0.5, 0.6) is 5.75 Å². The van der Waals surface area contributed by atoms with Crippen molar-refractivity contribution in [2.45, 2.75) is 57.6 Å². The van der Waals surface area contributed by atoms with Crippen LogP contribution in [0.2, 0.25) is 0 Å². The average Bonchev–Trinajstić information content (AvgIpc) is 2.49. The molecule has 2 unspecified atom stereocenters. The van der Waals surface area contributed by atoms with E-state index in [0.29, 0.717) is 5.75 Å². The fourth-order valence-electron chi connectivity index (χ4n) is 3.87. The Morgan fingerprint density at radius 3 is 2.67 bits per heavy atom. The molecule has 0 bridgehead atoms. The molecule has 2 aliphatic carbocycles. The third-order valence-electron chi connectivity index (χ3n) is 5.21. The van der Waals surface area contributed by atoms with Crippen LogP contribution in [0.15, 0.2) is 18.2 Å². The normalized spacial score (nSPS) is 27.1. The van der Waals surface area contributed by atoms with Crippen molar-refractivity contribution < 1.29 is 9.66 Å². The molecule has 2 atom stereocenters. The maximum atomic E-state index is 11.2. The Hall–Kier alpha value is -1.62. The number of rotatable bonds is 3. The second-order valence-electron chi connectivity index (χ2n) is 6.47. The summed E-state index contributed by atoms with van der Waals surface area (Å²) < 4.78 is 6.04. The van der Waals surface area contributed by atoms with Gasteiger partial charge in [0.25, 0.3) is 0 Å². The molecule has 5 nitrogen and oxygen atoms in total. The molecule has 0 amide bonds. The topological polar surface area (TPSA) is 78.4 Å². The van der Waals surface area contributed by atoms with Gasteiger partial charge in [-0.25, -0.2) is 0 Å². The second kappa shape index (κ2) is 5.30. The van der Waals surface area contributed by atoms with Gasteiger partial charge in [0.05, 0.1) is 4.92 Å². The van der Waals surface area contributed by atoms with Gasteiger partial charge in [-0.15, -0.1) is 0 Å². The van der Waals surface area contributed by atoms with Crippen molar-refractivity contribution in [1.82, 2.24) is 0 Å². The molecular formula is C16H22N2O3. The van der Waals surface area contributed by atoms with Crippen LogP contribution in [0.25, 0.3) is 0 Å². The molecule has 1 aromatic rings. The molecule has 21 heavy (non-hydrogen) atoms. The van der Waals surface area contributed by atoms with Crippen LogP contribution in [0.3, 0.4) is 0 Å². The highest BCUT2D eigenvalue weighted by molar-refractivity contribution is 5.48. The van der Waals surface area contributed by atoms with Crippen LogP contribution in [-0.2, 0) is 0 Å². The molecule has 5 heteroatoms. The van der Waals surface area contributed by atoms with Gasteiger partial charge in [-0.3, -0.25) is 10.1 Å². The van der Waals surface area contributed by atoms with Gasteiger partial charge < -0.3 is 10.5 Å². The highest BCUT2D eigenvalue weighted by Gasteiger charge is 2.55. The van der Waals surface area contributed by atoms with E-state index in [-0.39, 0.29) is 28.2 Å². The molecule has 0 saturated heterocycles. The first kappa shape index (κ1) is 14.3. The van der Waals surface area contributed by atoms with E-state index >= 15 is 0 Å². The summed E-state index contributed by atoms with van der Waals surface area (Å²) in [5, 5.41) is 11.2. The zero-order chi connectivity index (χ0) is 15.0.